The number of nitrogens with two attached hydrogens (primary N) is 1. The number of hydrogen-bond acceptors (Lipinski definition) is 4. The summed E-state index contributed by atoms with van der Waals surface area (Å²) in [6, 6.07) is 0. The van der Waals surface area contributed by atoms with E-state index in [2.05, 4.69) is 4.99 Å². The number of aliphatic imine (C=N–C) groups is 1. The van der Waals surface area contributed by atoms with Gasteiger partial charge >= 0.3 is 6.09 Å². The van der Waals surface area contributed by atoms with Crippen LogP contribution in [0.1, 0.15) is 6.42 Å². The van der Waals surface area contributed by atoms with Crippen LogP contribution >= 0.6 is 11.8 Å². The number of amidine groups is 1. The van der Waals surface area contributed by atoms with Crippen molar-refractivity contribution < 1.29 is 9.53 Å². The zero-order valence-corrected chi connectivity index (χ0v) is 7.06. The normalized spacial score (nSPS) is 23.2. The maximum absolute atomic E-state index is 10.5. The fourth-order valence-corrected chi connectivity index (χ4v) is 1.27. The third-order valence-electron chi connectivity index (χ3n) is 1.38. The molecule has 1 amide bonds. The fraction of sp³-hybridized carbons (Fsp3) is 0.667. The lowest BCUT2D eigenvalue weighted by molar-refractivity contribution is 0.147. The second-order valence-corrected chi connectivity index (χ2v) is 3.18. The molecule has 1 heterocycles. The molecule has 0 aromatic heterocycles. The third kappa shape index (κ3) is 2.11. The Kier molecular flexibility index (Phi) is 2.76. The highest BCUT2D eigenvalue weighted by molar-refractivity contribution is 7.98. The molecule has 1 aliphatic heterocycles. The van der Waals surface area contributed by atoms with Gasteiger partial charge in [0, 0.05) is 6.42 Å². The molecule has 1 unspecified atom stereocenters. The fourth-order valence-electron chi connectivity index (χ4n) is 0.818. The van der Waals surface area contributed by atoms with Crippen LogP contribution < -0.4 is 5.73 Å². The van der Waals surface area contributed by atoms with E-state index in [9.17, 15) is 4.79 Å². The van der Waals surface area contributed by atoms with Crippen LogP contribution in [0.2, 0.25) is 0 Å². The summed E-state index contributed by atoms with van der Waals surface area (Å²) in [5.41, 5.74) is 5.41. The SMILES string of the molecule is CSCCC1OC(=O)N=C1N. The van der Waals surface area contributed by atoms with E-state index in [4.69, 9.17) is 10.5 Å². The molecule has 1 aliphatic rings. The highest BCUT2D eigenvalue weighted by Gasteiger charge is 2.24. The van der Waals surface area contributed by atoms with Crippen LogP contribution in [0.15, 0.2) is 4.99 Å². The quantitative estimate of drug-likeness (QED) is 0.681. The van der Waals surface area contributed by atoms with Crippen LogP contribution in [-0.2, 0) is 4.74 Å². The van der Waals surface area contributed by atoms with Crippen molar-refractivity contribution in [3.05, 3.63) is 0 Å². The number of rotatable bonds is 3. The maximum Gasteiger partial charge on any atom is 0.436 e. The van der Waals surface area contributed by atoms with E-state index in [0.717, 1.165) is 12.2 Å². The summed E-state index contributed by atoms with van der Waals surface area (Å²) >= 11 is 1.69. The van der Waals surface area contributed by atoms with Crippen molar-refractivity contribution in [2.75, 3.05) is 12.0 Å². The molecule has 0 spiro atoms. The molecule has 1 atom stereocenters. The Labute approximate surface area is 69.2 Å². The van der Waals surface area contributed by atoms with Gasteiger partial charge in [0.1, 0.15) is 5.84 Å². The van der Waals surface area contributed by atoms with Crippen LogP contribution in [0, 0.1) is 0 Å². The lowest BCUT2D eigenvalue weighted by Crippen LogP contribution is -2.26. The number of carbonyl (C=O) groups is 1. The second-order valence-electron chi connectivity index (χ2n) is 2.19. The van der Waals surface area contributed by atoms with Crippen molar-refractivity contribution in [2.24, 2.45) is 10.7 Å². The Bertz CT molecular complexity index is 193. The van der Waals surface area contributed by atoms with Crippen molar-refractivity contribution in [1.82, 2.24) is 0 Å². The lowest BCUT2D eigenvalue weighted by atomic mass is 10.3. The van der Waals surface area contributed by atoms with E-state index in [-0.39, 0.29) is 6.10 Å². The minimum Gasteiger partial charge on any atom is -0.436 e. The van der Waals surface area contributed by atoms with Gasteiger partial charge < -0.3 is 10.5 Å². The van der Waals surface area contributed by atoms with Crippen LogP contribution in [-0.4, -0.2) is 30.0 Å². The number of hydrogen-bond donors (Lipinski definition) is 1. The highest BCUT2D eigenvalue weighted by atomic mass is 32.2. The zero-order valence-electron chi connectivity index (χ0n) is 6.24. The van der Waals surface area contributed by atoms with Gasteiger partial charge in [-0.2, -0.15) is 16.8 Å². The first-order valence-electron chi connectivity index (χ1n) is 3.27. The maximum atomic E-state index is 10.5. The topological polar surface area (TPSA) is 64.7 Å². The van der Waals surface area contributed by atoms with E-state index in [1.165, 1.54) is 0 Å². The number of thioether (sulfide) groups is 1. The highest BCUT2D eigenvalue weighted by Crippen LogP contribution is 2.10. The molecule has 1 rings (SSSR count). The molecule has 0 saturated heterocycles. The summed E-state index contributed by atoms with van der Waals surface area (Å²) in [5, 5.41) is 0. The molecule has 2 N–H and O–H groups in total. The number of carbonyl (C=O) groups excluding carboxylic acids is 1. The summed E-state index contributed by atoms with van der Waals surface area (Å²) in [4.78, 5) is 14.0. The first-order valence-corrected chi connectivity index (χ1v) is 4.67. The van der Waals surface area contributed by atoms with E-state index >= 15 is 0 Å². The van der Waals surface area contributed by atoms with Crippen molar-refractivity contribution >= 4 is 23.7 Å². The molecule has 0 radical (unpaired) electrons. The number of amides is 1. The molecule has 11 heavy (non-hydrogen) atoms. The van der Waals surface area contributed by atoms with E-state index in [1.54, 1.807) is 11.8 Å². The van der Waals surface area contributed by atoms with Gasteiger partial charge in [-0.15, -0.1) is 0 Å². The molecule has 0 saturated carbocycles. The first-order chi connectivity index (χ1) is 5.24. The molecule has 0 aromatic rings. The van der Waals surface area contributed by atoms with E-state index in [1.807, 2.05) is 6.26 Å². The molecular formula is C6H10N2O2S. The van der Waals surface area contributed by atoms with Gasteiger partial charge in [0.2, 0.25) is 0 Å². The van der Waals surface area contributed by atoms with Crippen LogP contribution in [0.4, 0.5) is 4.79 Å². The van der Waals surface area contributed by atoms with Crippen LogP contribution in [0.3, 0.4) is 0 Å². The summed E-state index contributed by atoms with van der Waals surface area (Å²) in [6.07, 6.45) is 1.90. The van der Waals surface area contributed by atoms with E-state index < -0.39 is 6.09 Å². The zero-order chi connectivity index (χ0) is 8.27. The number of cyclic esters (lactones) is 1. The standard InChI is InChI=1S/C6H10N2O2S/c1-11-3-2-4-5(7)8-6(9)10-4/h4H,2-3H2,1H3,(H2,7,8,9). The summed E-state index contributed by atoms with van der Waals surface area (Å²) in [7, 11) is 0. The Hall–Kier alpha value is -0.710. The summed E-state index contributed by atoms with van der Waals surface area (Å²) in [5.74, 6) is 1.23. The smallest absolute Gasteiger partial charge is 0.436 e. The van der Waals surface area contributed by atoms with Crippen molar-refractivity contribution in [1.29, 1.82) is 0 Å². The van der Waals surface area contributed by atoms with Crippen LogP contribution in [0.5, 0.6) is 0 Å². The monoisotopic (exact) mass is 174 g/mol. The minimum absolute atomic E-state index is 0.282. The largest absolute Gasteiger partial charge is 0.436 e. The van der Waals surface area contributed by atoms with Crippen molar-refractivity contribution in [3.63, 3.8) is 0 Å². The molecule has 0 fully saturated rings. The lowest BCUT2D eigenvalue weighted by Gasteiger charge is -2.06. The summed E-state index contributed by atoms with van der Waals surface area (Å²) < 4.78 is 4.79. The average Bonchev–Trinajstić information content (AvgIpc) is 2.26. The molecule has 0 aliphatic carbocycles. The molecule has 5 heteroatoms. The molecule has 62 valence electrons. The summed E-state index contributed by atoms with van der Waals surface area (Å²) in [6.45, 7) is 0. The number of nitrogens with zero attached hydrogens (tertiary/aromatic N) is 1. The van der Waals surface area contributed by atoms with Gasteiger partial charge in [-0.05, 0) is 12.0 Å². The molecule has 0 bridgehead atoms. The Morgan fingerprint density at radius 2 is 2.55 bits per heavy atom. The van der Waals surface area contributed by atoms with Crippen molar-refractivity contribution in [2.45, 2.75) is 12.5 Å². The van der Waals surface area contributed by atoms with Gasteiger partial charge in [0.05, 0.1) is 0 Å². The minimum atomic E-state index is -0.561. The molecule has 0 aromatic carbocycles. The van der Waals surface area contributed by atoms with Gasteiger partial charge in [0.15, 0.2) is 6.10 Å². The Morgan fingerprint density at radius 3 is 3.00 bits per heavy atom. The third-order valence-corrected chi connectivity index (χ3v) is 2.02. The van der Waals surface area contributed by atoms with Crippen molar-refractivity contribution in [3.8, 4) is 0 Å². The van der Waals surface area contributed by atoms with Gasteiger partial charge in [-0.3, -0.25) is 0 Å². The van der Waals surface area contributed by atoms with E-state index in [0.29, 0.717) is 5.84 Å². The predicted octanol–water partition coefficient (Wildman–Crippen LogP) is 0.616. The molecule has 4 nitrogen and oxygen atoms in total. The number of ether oxygens (including phenoxy) is 1. The van der Waals surface area contributed by atoms with Gasteiger partial charge in [0.25, 0.3) is 0 Å². The Morgan fingerprint density at radius 1 is 1.82 bits per heavy atom. The van der Waals surface area contributed by atoms with Crippen LogP contribution in [0.25, 0.3) is 0 Å². The molecular weight excluding hydrogens is 164 g/mol. The van der Waals surface area contributed by atoms with Gasteiger partial charge in [-0.25, -0.2) is 4.79 Å². The first kappa shape index (κ1) is 8.39. The second kappa shape index (κ2) is 3.61. The van der Waals surface area contributed by atoms with Gasteiger partial charge in [-0.1, -0.05) is 0 Å². The predicted molar refractivity (Wildman–Crippen MR) is 44.9 cm³/mol. The average molecular weight is 174 g/mol. The Balaban J connectivity index is 2.38.